The first-order valence-electron chi connectivity index (χ1n) is 7.36. The van der Waals surface area contributed by atoms with E-state index in [0.29, 0.717) is 23.2 Å². The standard InChI is InChI=1S/C16H24N2O2/c1-11-6-4-3-5-7-14(11)18-15-9-8-12(17)10-13(15)16(19)20-2/h8-11,14,18H,3-7,17H2,1-2H3. The van der Waals surface area contributed by atoms with Crippen LogP contribution in [0, 0.1) is 5.92 Å². The van der Waals surface area contributed by atoms with Gasteiger partial charge in [0.25, 0.3) is 0 Å². The predicted molar refractivity (Wildman–Crippen MR) is 81.9 cm³/mol. The molecule has 2 unspecified atom stereocenters. The highest BCUT2D eigenvalue weighted by molar-refractivity contribution is 5.96. The molecule has 1 aromatic rings. The van der Waals surface area contributed by atoms with E-state index >= 15 is 0 Å². The number of nitrogen functional groups attached to an aromatic ring is 1. The van der Waals surface area contributed by atoms with Crippen molar-refractivity contribution in [1.29, 1.82) is 0 Å². The van der Waals surface area contributed by atoms with Gasteiger partial charge < -0.3 is 15.8 Å². The molecule has 20 heavy (non-hydrogen) atoms. The minimum absolute atomic E-state index is 0.346. The molecule has 1 saturated carbocycles. The Morgan fingerprint density at radius 1 is 1.30 bits per heavy atom. The van der Waals surface area contributed by atoms with Gasteiger partial charge in [0.05, 0.1) is 12.7 Å². The minimum Gasteiger partial charge on any atom is -0.465 e. The van der Waals surface area contributed by atoms with Gasteiger partial charge in [0.2, 0.25) is 0 Å². The van der Waals surface area contributed by atoms with E-state index in [1.54, 1.807) is 6.07 Å². The van der Waals surface area contributed by atoms with Gasteiger partial charge in [-0.3, -0.25) is 0 Å². The molecular formula is C16H24N2O2. The highest BCUT2D eigenvalue weighted by Gasteiger charge is 2.22. The number of nitrogens with two attached hydrogens (primary N) is 1. The summed E-state index contributed by atoms with van der Waals surface area (Å²) >= 11 is 0. The maximum atomic E-state index is 11.9. The molecule has 0 amide bonds. The zero-order valence-corrected chi connectivity index (χ0v) is 12.3. The molecule has 0 aliphatic heterocycles. The van der Waals surface area contributed by atoms with Gasteiger partial charge in [-0.2, -0.15) is 0 Å². The van der Waals surface area contributed by atoms with Crippen molar-refractivity contribution in [1.82, 2.24) is 0 Å². The van der Waals surface area contributed by atoms with Gasteiger partial charge in [0.15, 0.2) is 0 Å². The first-order valence-corrected chi connectivity index (χ1v) is 7.36. The number of methoxy groups -OCH3 is 1. The van der Waals surface area contributed by atoms with Crippen molar-refractivity contribution in [2.24, 2.45) is 5.92 Å². The van der Waals surface area contributed by atoms with Crippen LogP contribution in [-0.4, -0.2) is 19.1 Å². The predicted octanol–water partition coefficient (Wildman–Crippen LogP) is 3.44. The summed E-state index contributed by atoms with van der Waals surface area (Å²) in [4.78, 5) is 11.9. The lowest BCUT2D eigenvalue weighted by atomic mass is 9.96. The quantitative estimate of drug-likeness (QED) is 0.504. The second kappa shape index (κ2) is 6.64. The van der Waals surface area contributed by atoms with Crippen LogP contribution in [0.2, 0.25) is 0 Å². The number of carbonyl (C=O) groups is 1. The fourth-order valence-electron chi connectivity index (χ4n) is 2.87. The average molecular weight is 276 g/mol. The van der Waals surface area contributed by atoms with Gasteiger partial charge in [-0.05, 0) is 37.0 Å². The molecule has 1 fully saturated rings. The number of rotatable bonds is 3. The van der Waals surface area contributed by atoms with Crippen LogP contribution in [0.25, 0.3) is 0 Å². The van der Waals surface area contributed by atoms with Crippen molar-refractivity contribution in [2.75, 3.05) is 18.2 Å². The van der Waals surface area contributed by atoms with Crippen molar-refractivity contribution in [2.45, 2.75) is 45.1 Å². The van der Waals surface area contributed by atoms with Crippen molar-refractivity contribution >= 4 is 17.3 Å². The third-order valence-electron chi connectivity index (χ3n) is 4.15. The van der Waals surface area contributed by atoms with Crippen molar-refractivity contribution in [3.63, 3.8) is 0 Å². The molecule has 0 radical (unpaired) electrons. The van der Waals surface area contributed by atoms with Gasteiger partial charge in [0, 0.05) is 17.4 Å². The van der Waals surface area contributed by atoms with Crippen LogP contribution in [0.1, 0.15) is 49.4 Å². The molecule has 0 saturated heterocycles. The monoisotopic (exact) mass is 276 g/mol. The first-order chi connectivity index (χ1) is 9.61. The summed E-state index contributed by atoms with van der Waals surface area (Å²) in [6, 6.07) is 5.77. The Hall–Kier alpha value is -1.71. The van der Waals surface area contributed by atoms with E-state index in [-0.39, 0.29) is 5.97 Å². The summed E-state index contributed by atoms with van der Waals surface area (Å²) in [5.74, 6) is 0.265. The van der Waals surface area contributed by atoms with Crippen LogP contribution < -0.4 is 11.1 Å². The molecule has 1 aliphatic carbocycles. The van der Waals surface area contributed by atoms with E-state index in [9.17, 15) is 4.79 Å². The van der Waals surface area contributed by atoms with Gasteiger partial charge in [0.1, 0.15) is 0 Å². The molecule has 0 bridgehead atoms. The number of benzene rings is 1. The number of carbonyl (C=O) groups excluding carboxylic acids is 1. The Bertz CT molecular complexity index is 474. The largest absolute Gasteiger partial charge is 0.465 e. The summed E-state index contributed by atoms with van der Waals surface area (Å²) in [5, 5.41) is 3.53. The van der Waals surface area contributed by atoms with Gasteiger partial charge in [-0.25, -0.2) is 4.79 Å². The molecule has 2 atom stereocenters. The van der Waals surface area contributed by atoms with Crippen LogP contribution in [0.5, 0.6) is 0 Å². The summed E-state index contributed by atoms with van der Waals surface area (Å²) in [6.07, 6.45) is 6.22. The maximum Gasteiger partial charge on any atom is 0.340 e. The third-order valence-corrected chi connectivity index (χ3v) is 4.15. The van der Waals surface area contributed by atoms with Crippen molar-refractivity contribution < 1.29 is 9.53 Å². The van der Waals surface area contributed by atoms with E-state index in [0.717, 1.165) is 12.1 Å². The molecule has 1 aliphatic rings. The molecule has 0 aromatic heterocycles. The molecule has 0 heterocycles. The lowest BCUT2D eigenvalue weighted by Gasteiger charge is -2.25. The molecule has 4 nitrogen and oxygen atoms in total. The summed E-state index contributed by atoms with van der Waals surface area (Å²) < 4.78 is 4.84. The van der Waals surface area contributed by atoms with E-state index in [4.69, 9.17) is 10.5 Å². The zero-order valence-electron chi connectivity index (χ0n) is 12.3. The molecule has 1 aromatic carbocycles. The Morgan fingerprint density at radius 3 is 2.80 bits per heavy atom. The van der Waals surface area contributed by atoms with Crippen LogP contribution in [-0.2, 0) is 4.74 Å². The van der Waals surface area contributed by atoms with Crippen molar-refractivity contribution in [3.05, 3.63) is 23.8 Å². The molecule has 2 rings (SSSR count). The third kappa shape index (κ3) is 3.44. The molecule has 4 heteroatoms. The first kappa shape index (κ1) is 14.7. The lowest BCUT2D eigenvalue weighted by Crippen LogP contribution is -2.27. The molecule has 110 valence electrons. The Kier molecular flexibility index (Phi) is 4.88. The molecule has 0 spiro atoms. The van der Waals surface area contributed by atoms with Crippen LogP contribution in [0.4, 0.5) is 11.4 Å². The topological polar surface area (TPSA) is 64.3 Å². The Labute approximate surface area is 120 Å². The van der Waals surface area contributed by atoms with E-state index < -0.39 is 0 Å². The van der Waals surface area contributed by atoms with Crippen LogP contribution >= 0.6 is 0 Å². The maximum absolute atomic E-state index is 11.9. The summed E-state index contributed by atoms with van der Waals surface area (Å²) in [7, 11) is 1.39. The fraction of sp³-hybridized carbons (Fsp3) is 0.562. The Balaban J connectivity index is 2.21. The van der Waals surface area contributed by atoms with Gasteiger partial charge >= 0.3 is 5.97 Å². The van der Waals surface area contributed by atoms with E-state index in [2.05, 4.69) is 12.2 Å². The number of nitrogens with one attached hydrogen (secondary N) is 1. The molecule has 3 N–H and O–H groups in total. The van der Waals surface area contributed by atoms with Crippen LogP contribution in [0.15, 0.2) is 18.2 Å². The average Bonchev–Trinajstić information content (AvgIpc) is 2.65. The van der Waals surface area contributed by atoms with Crippen LogP contribution in [0.3, 0.4) is 0 Å². The summed E-state index contributed by atoms with van der Waals surface area (Å²) in [6.45, 7) is 2.28. The smallest absolute Gasteiger partial charge is 0.340 e. The highest BCUT2D eigenvalue weighted by Crippen LogP contribution is 2.28. The number of hydrogen-bond donors (Lipinski definition) is 2. The zero-order chi connectivity index (χ0) is 14.5. The molecular weight excluding hydrogens is 252 g/mol. The summed E-state index contributed by atoms with van der Waals surface area (Å²) in [5.41, 5.74) is 7.69. The number of hydrogen-bond acceptors (Lipinski definition) is 4. The highest BCUT2D eigenvalue weighted by atomic mass is 16.5. The number of ether oxygens (including phenoxy) is 1. The number of esters is 1. The van der Waals surface area contributed by atoms with E-state index in [1.165, 1.54) is 32.8 Å². The van der Waals surface area contributed by atoms with Gasteiger partial charge in [-0.1, -0.05) is 26.2 Å². The second-order valence-electron chi connectivity index (χ2n) is 5.66. The fourth-order valence-corrected chi connectivity index (χ4v) is 2.87. The van der Waals surface area contributed by atoms with Crippen molar-refractivity contribution in [3.8, 4) is 0 Å². The second-order valence-corrected chi connectivity index (χ2v) is 5.66. The van der Waals surface area contributed by atoms with E-state index in [1.807, 2.05) is 12.1 Å². The normalized spacial score (nSPS) is 22.9. The number of anilines is 2. The van der Waals surface area contributed by atoms with Gasteiger partial charge in [-0.15, -0.1) is 0 Å². The lowest BCUT2D eigenvalue weighted by molar-refractivity contribution is 0.0602. The minimum atomic E-state index is -0.346. The Morgan fingerprint density at radius 2 is 2.05 bits per heavy atom. The SMILES string of the molecule is COC(=O)c1cc(N)ccc1NC1CCCCCC1C.